The molecule has 4 aromatic rings. The zero-order valence-electron chi connectivity index (χ0n) is 16.5. The van der Waals surface area contributed by atoms with Crippen LogP contribution in [0.4, 0.5) is 5.82 Å². The maximum Gasteiger partial charge on any atom is 0.256 e. The third kappa shape index (κ3) is 3.36. The fourth-order valence-electron chi connectivity index (χ4n) is 4.07. The van der Waals surface area contributed by atoms with E-state index in [1.807, 2.05) is 31.3 Å². The van der Waals surface area contributed by atoms with Crippen molar-refractivity contribution in [1.29, 1.82) is 0 Å². The summed E-state index contributed by atoms with van der Waals surface area (Å²) in [4.78, 5) is 18.5. The van der Waals surface area contributed by atoms with E-state index in [9.17, 15) is 4.79 Å². The molecule has 0 aliphatic carbocycles. The van der Waals surface area contributed by atoms with Crippen LogP contribution in [0.15, 0.2) is 36.5 Å². The summed E-state index contributed by atoms with van der Waals surface area (Å²) in [5.74, 6) is 0.207. The molecule has 0 bridgehead atoms. The van der Waals surface area contributed by atoms with Gasteiger partial charge >= 0.3 is 0 Å². The summed E-state index contributed by atoms with van der Waals surface area (Å²) < 4.78 is 1.78. The molecule has 1 amide bonds. The molecule has 0 unspecified atom stereocenters. The monoisotopic (exact) mass is 389 g/mol. The number of aromatic amines is 1. The van der Waals surface area contributed by atoms with Gasteiger partial charge in [0.15, 0.2) is 5.82 Å². The number of nitrogens with zero attached hydrogens (tertiary/aromatic N) is 5. The maximum atomic E-state index is 12.6. The number of benzene rings is 1. The molecule has 1 aliphatic heterocycles. The molecular formula is C21H23N7O. The fourth-order valence-corrected chi connectivity index (χ4v) is 4.07. The minimum Gasteiger partial charge on any atom is -0.356 e. The van der Waals surface area contributed by atoms with Gasteiger partial charge in [0.1, 0.15) is 5.52 Å². The molecule has 29 heavy (non-hydrogen) atoms. The van der Waals surface area contributed by atoms with Gasteiger partial charge in [0.2, 0.25) is 0 Å². The Labute approximate surface area is 167 Å². The smallest absolute Gasteiger partial charge is 0.256 e. The Balaban J connectivity index is 1.34. The fraction of sp³-hybridized carbons (Fsp3) is 0.333. The first-order chi connectivity index (χ1) is 14.1. The standard InChI is InChI=1S/C21H23N7O/c1-13-4-3-7-28(13)12-16-9-18-17(23-16)10-20(26-25-18)24-21(29)14-5-6-19-15(8-14)11-22-27(19)2/h5-6,8-11,13,23H,3-4,7,12H2,1-2H3,(H,24,26,29)/t13-/m0/s1. The van der Waals surface area contributed by atoms with Crippen molar-refractivity contribution >= 4 is 33.7 Å². The highest BCUT2D eigenvalue weighted by Crippen LogP contribution is 2.22. The van der Waals surface area contributed by atoms with Gasteiger partial charge in [-0.25, -0.2) is 0 Å². The van der Waals surface area contributed by atoms with Crippen LogP contribution in [0.25, 0.3) is 21.9 Å². The van der Waals surface area contributed by atoms with Gasteiger partial charge in [0.25, 0.3) is 5.91 Å². The van der Waals surface area contributed by atoms with Gasteiger partial charge in [0.05, 0.1) is 17.2 Å². The van der Waals surface area contributed by atoms with Crippen molar-refractivity contribution in [2.24, 2.45) is 7.05 Å². The Kier molecular flexibility index (Phi) is 4.28. The lowest BCUT2D eigenvalue weighted by atomic mass is 10.1. The summed E-state index contributed by atoms with van der Waals surface area (Å²) in [7, 11) is 1.88. The van der Waals surface area contributed by atoms with E-state index in [2.05, 4.69) is 37.4 Å². The van der Waals surface area contributed by atoms with Gasteiger partial charge < -0.3 is 10.3 Å². The molecule has 3 aromatic heterocycles. The highest BCUT2D eigenvalue weighted by Gasteiger charge is 2.21. The Morgan fingerprint density at radius 1 is 1.28 bits per heavy atom. The molecular weight excluding hydrogens is 366 g/mol. The van der Waals surface area contributed by atoms with Crippen LogP contribution in [0.5, 0.6) is 0 Å². The average Bonchev–Trinajstić information content (AvgIpc) is 3.41. The SMILES string of the molecule is C[C@H]1CCCN1Cc1cc2nnc(NC(=O)c3ccc4c(cnn4C)c3)cc2[nH]1. The van der Waals surface area contributed by atoms with E-state index in [4.69, 9.17) is 0 Å². The molecule has 1 aliphatic rings. The van der Waals surface area contributed by atoms with Gasteiger partial charge in [-0.15, -0.1) is 10.2 Å². The zero-order valence-corrected chi connectivity index (χ0v) is 16.5. The second-order valence-corrected chi connectivity index (χ2v) is 7.78. The van der Waals surface area contributed by atoms with Crippen LogP contribution >= 0.6 is 0 Å². The molecule has 4 heterocycles. The lowest BCUT2D eigenvalue weighted by Crippen LogP contribution is -2.26. The molecule has 1 fully saturated rings. The first-order valence-electron chi connectivity index (χ1n) is 9.89. The zero-order chi connectivity index (χ0) is 20.0. The van der Waals surface area contributed by atoms with E-state index >= 15 is 0 Å². The lowest BCUT2D eigenvalue weighted by molar-refractivity contribution is 0.102. The van der Waals surface area contributed by atoms with Crippen LogP contribution in [0.1, 0.15) is 35.8 Å². The second-order valence-electron chi connectivity index (χ2n) is 7.78. The molecule has 1 atom stereocenters. The number of hydrogen-bond acceptors (Lipinski definition) is 5. The third-order valence-corrected chi connectivity index (χ3v) is 5.74. The van der Waals surface area contributed by atoms with Crippen LogP contribution in [0.2, 0.25) is 0 Å². The summed E-state index contributed by atoms with van der Waals surface area (Å²) in [5.41, 5.74) is 4.34. The van der Waals surface area contributed by atoms with E-state index in [-0.39, 0.29) is 5.91 Å². The van der Waals surface area contributed by atoms with Crippen LogP contribution in [0.3, 0.4) is 0 Å². The number of carbonyl (C=O) groups excluding carboxylic acids is 1. The quantitative estimate of drug-likeness (QED) is 0.560. The Bertz CT molecular complexity index is 1210. The topological polar surface area (TPSA) is 91.7 Å². The number of nitrogens with one attached hydrogen (secondary N) is 2. The van der Waals surface area contributed by atoms with Gasteiger partial charge in [-0.1, -0.05) is 0 Å². The summed E-state index contributed by atoms with van der Waals surface area (Å²) >= 11 is 0. The van der Waals surface area contributed by atoms with Gasteiger partial charge in [-0.2, -0.15) is 5.10 Å². The number of aromatic nitrogens is 5. The highest BCUT2D eigenvalue weighted by atomic mass is 16.1. The first kappa shape index (κ1) is 17.8. The van der Waals surface area contributed by atoms with Crippen molar-refractivity contribution in [2.75, 3.05) is 11.9 Å². The predicted octanol–water partition coefficient (Wildman–Crippen LogP) is 3.08. The van der Waals surface area contributed by atoms with Gasteiger partial charge in [-0.05, 0) is 50.6 Å². The van der Waals surface area contributed by atoms with Crippen LogP contribution < -0.4 is 5.32 Å². The van der Waals surface area contributed by atoms with Crippen molar-refractivity contribution in [1.82, 2.24) is 29.9 Å². The van der Waals surface area contributed by atoms with E-state index in [1.54, 1.807) is 16.9 Å². The average molecular weight is 389 g/mol. The predicted molar refractivity (Wildman–Crippen MR) is 112 cm³/mol. The van der Waals surface area contributed by atoms with Gasteiger partial charge in [-0.3, -0.25) is 14.4 Å². The third-order valence-electron chi connectivity index (χ3n) is 5.74. The summed E-state index contributed by atoms with van der Waals surface area (Å²) in [6, 6.07) is 9.99. The molecule has 2 N–H and O–H groups in total. The van der Waals surface area contributed by atoms with Crippen LogP contribution in [-0.4, -0.2) is 48.4 Å². The maximum absolute atomic E-state index is 12.6. The minimum absolute atomic E-state index is 0.220. The van der Waals surface area contributed by atoms with E-state index < -0.39 is 0 Å². The normalized spacial score (nSPS) is 17.4. The molecule has 0 spiro atoms. The molecule has 148 valence electrons. The number of anilines is 1. The Morgan fingerprint density at radius 2 is 2.17 bits per heavy atom. The molecule has 5 rings (SSSR count). The minimum atomic E-state index is -0.220. The number of hydrogen-bond donors (Lipinski definition) is 2. The largest absolute Gasteiger partial charge is 0.356 e. The molecule has 1 aromatic carbocycles. The Hall–Kier alpha value is -3.26. The first-order valence-corrected chi connectivity index (χ1v) is 9.89. The molecule has 1 saturated heterocycles. The molecule has 8 heteroatoms. The number of rotatable bonds is 4. The highest BCUT2D eigenvalue weighted by molar-refractivity contribution is 6.06. The summed E-state index contributed by atoms with van der Waals surface area (Å²) in [5, 5.41) is 16.4. The number of carbonyl (C=O) groups is 1. The second kappa shape index (κ2) is 6.97. The van der Waals surface area contributed by atoms with E-state index in [1.165, 1.54) is 12.8 Å². The Morgan fingerprint density at radius 3 is 3.00 bits per heavy atom. The molecule has 0 saturated carbocycles. The van der Waals surface area contributed by atoms with Crippen molar-refractivity contribution < 1.29 is 4.79 Å². The number of likely N-dealkylation sites (tertiary alicyclic amines) is 1. The number of H-pyrrole nitrogens is 1. The number of fused-ring (bicyclic) bond motifs is 2. The van der Waals surface area contributed by atoms with E-state index in [0.29, 0.717) is 17.4 Å². The summed E-state index contributed by atoms with van der Waals surface area (Å²) in [6.45, 7) is 4.28. The molecule has 8 nitrogen and oxygen atoms in total. The molecule has 0 radical (unpaired) electrons. The van der Waals surface area contributed by atoms with Gasteiger partial charge in [0, 0.05) is 42.3 Å². The number of aryl methyl sites for hydroxylation is 1. The summed E-state index contributed by atoms with van der Waals surface area (Å²) in [6.07, 6.45) is 4.25. The van der Waals surface area contributed by atoms with Crippen molar-refractivity contribution in [3.63, 3.8) is 0 Å². The van der Waals surface area contributed by atoms with Crippen LogP contribution in [-0.2, 0) is 13.6 Å². The van der Waals surface area contributed by atoms with Crippen molar-refractivity contribution in [2.45, 2.75) is 32.4 Å². The van der Waals surface area contributed by atoms with Crippen molar-refractivity contribution in [3.05, 3.63) is 47.8 Å². The number of amides is 1. The lowest BCUT2D eigenvalue weighted by Gasteiger charge is -2.19. The van der Waals surface area contributed by atoms with E-state index in [0.717, 1.165) is 40.7 Å². The van der Waals surface area contributed by atoms with Crippen LogP contribution in [0, 0.1) is 0 Å². The van der Waals surface area contributed by atoms with Crippen molar-refractivity contribution in [3.8, 4) is 0 Å².